The van der Waals surface area contributed by atoms with Crippen LogP contribution in [0.5, 0.6) is 11.5 Å². The summed E-state index contributed by atoms with van der Waals surface area (Å²) in [5.41, 5.74) is 2.40. The Hall–Kier alpha value is -9.76. The molecule has 0 aliphatic carbocycles. The van der Waals surface area contributed by atoms with Gasteiger partial charge < -0.3 is 90.9 Å². The lowest BCUT2D eigenvalue weighted by molar-refractivity contribution is -0.189. The van der Waals surface area contributed by atoms with E-state index in [9.17, 15) is 47.9 Å². The number of pyridine rings is 4. The predicted molar refractivity (Wildman–Crippen MR) is 406 cm³/mol. The number of piperidine rings is 4. The first-order valence-electron chi connectivity index (χ1n) is 39.9. The number of carbonyl (C=O) groups excluding carboxylic acids is 8. The van der Waals surface area contributed by atoms with E-state index in [4.69, 9.17) is 66.8 Å². The molecule has 8 aliphatic rings. The van der Waals surface area contributed by atoms with Gasteiger partial charge in [-0.25, -0.2) is 33.9 Å². The number of carbonyl (C=O) groups is 8. The van der Waals surface area contributed by atoms with Gasteiger partial charge in [-0.2, -0.15) is 0 Å². The van der Waals surface area contributed by atoms with Gasteiger partial charge in [0, 0.05) is 77.8 Å². The molecule has 8 aliphatic heterocycles. The minimum atomic E-state index is -2.04. The quantitative estimate of drug-likeness (QED) is 0.0145. The molecule has 14 rings (SSSR count). The number of ketones is 1. The van der Waals surface area contributed by atoms with Gasteiger partial charge in [0.2, 0.25) is 17.1 Å². The molecule has 4 aromatic heterocycles. The second-order valence-electron chi connectivity index (χ2n) is 29.9. The third-order valence-corrected chi connectivity index (χ3v) is 23.2. The molecule has 3 amide bonds. The minimum Gasteiger partial charge on any atom is -0.457 e. The molecule has 113 heavy (non-hydrogen) atoms. The van der Waals surface area contributed by atoms with Crippen molar-refractivity contribution in [2.45, 2.75) is 180 Å². The summed E-state index contributed by atoms with van der Waals surface area (Å²) >= 11 is 0. The summed E-state index contributed by atoms with van der Waals surface area (Å²) in [6.07, 6.45) is 9.73. The zero-order valence-electron chi connectivity index (χ0n) is 64.7. The van der Waals surface area contributed by atoms with Gasteiger partial charge in [0.15, 0.2) is 5.78 Å². The van der Waals surface area contributed by atoms with E-state index in [1.165, 1.54) is 38.5 Å². The summed E-state index contributed by atoms with van der Waals surface area (Å²) < 4.78 is 70.2. The number of esters is 3. The van der Waals surface area contributed by atoms with Crippen LogP contribution in [0, 0.1) is 0 Å². The van der Waals surface area contributed by atoms with E-state index in [0.717, 1.165) is 84.9 Å². The van der Waals surface area contributed by atoms with E-state index in [0.29, 0.717) is 103 Å². The van der Waals surface area contributed by atoms with Crippen molar-refractivity contribution < 1.29 is 95.2 Å². The number of cyclic esters (lactones) is 2. The van der Waals surface area contributed by atoms with Crippen LogP contribution in [0.2, 0.25) is 0 Å². The fourth-order valence-electron chi connectivity index (χ4n) is 17.3. The van der Waals surface area contributed by atoms with Crippen LogP contribution in [0.4, 0.5) is 14.4 Å². The van der Waals surface area contributed by atoms with Gasteiger partial charge >= 0.3 is 36.2 Å². The summed E-state index contributed by atoms with van der Waals surface area (Å²) in [5.74, 6) is -3.07. The second kappa shape index (κ2) is 35.7. The van der Waals surface area contributed by atoms with Gasteiger partial charge in [0.05, 0.1) is 84.5 Å². The third kappa shape index (κ3) is 16.9. The number of ether oxygens (including phenoxy) is 12. The number of nitrogens with zero attached hydrogens (tertiary/aromatic N) is 8. The third-order valence-electron chi connectivity index (χ3n) is 23.2. The molecule has 4 fully saturated rings. The first-order valence-corrected chi connectivity index (χ1v) is 39.9. The highest BCUT2D eigenvalue weighted by Crippen LogP contribution is 2.46. The van der Waals surface area contributed by atoms with E-state index in [1.807, 2.05) is 26.0 Å². The zero-order valence-corrected chi connectivity index (χ0v) is 64.7. The summed E-state index contributed by atoms with van der Waals surface area (Å²) in [6, 6.07) is 15.0. The summed E-state index contributed by atoms with van der Waals surface area (Å²) in [5, 5.41) is 4.21. The molecule has 31 heteroatoms. The molecule has 0 saturated carbocycles. The SMILES string of the molecule is CCc1c2c(nc3ccc(OC(=O)N4CCC(N5CCCCC5)CC4)cc13)-c1cc3c(c(=O)n1C2)COC(=O)[C@@]3(CC)OC(=O)CC(=O)COCOCCCOCOCC(=O)NCCOCCOC(=O)O[C@]1(CC)C(=O)OCc2c1cc1n(c2=O)Cc2c-1nc1ccc(OC(=O)N3CCC(N4CCCCC4)CC3)cc1c2CC. The number of likely N-dealkylation sites (tertiary alicyclic amines) is 4. The first-order chi connectivity index (χ1) is 54.9. The van der Waals surface area contributed by atoms with Crippen molar-refractivity contribution in [3.8, 4) is 34.3 Å². The number of Topliss-reactive ketones (excluding diaryl/α,β-unsaturated/α-hetero) is 1. The number of hydrogen-bond acceptors (Lipinski definition) is 26. The van der Waals surface area contributed by atoms with Crippen LogP contribution in [-0.4, -0.2) is 217 Å². The number of hydrogen-bond donors (Lipinski definition) is 1. The van der Waals surface area contributed by atoms with Crippen LogP contribution in [-0.2, 0) is 122 Å². The van der Waals surface area contributed by atoms with Crippen LogP contribution in [0.1, 0.15) is 162 Å². The van der Waals surface area contributed by atoms with E-state index >= 15 is 0 Å². The fourth-order valence-corrected chi connectivity index (χ4v) is 17.3. The monoisotopic (exact) mass is 1560 g/mol. The maximum Gasteiger partial charge on any atom is 0.509 e. The highest BCUT2D eigenvalue weighted by molar-refractivity contribution is 5.98. The summed E-state index contributed by atoms with van der Waals surface area (Å²) in [7, 11) is 0. The molecule has 6 aromatic rings. The van der Waals surface area contributed by atoms with Crippen LogP contribution in [0.15, 0.2) is 58.1 Å². The lowest BCUT2D eigenvalue weighted by Crippen LogP contribution is -2.48. The van der Waals surface area contributed by atoms with Gasteiger partial charge in [-0.1, -0.05) is 40.5 Å². The van der Waals surface area contributed by atoms with Gasteiger partial charge in [-0.15, -0.1) is 0 Å². The predicted octanol–water partition coefficient (Wildman–Crippen LogP) is 8.37. The van der Waals surface area contributed by atoms with Crippen LogP contribution in [0.3, 0.4) is 0 Å². The lowest BCUT2D eigenvalue weighted by Gasteiger charge is -2.39. The van der Waals surface area contributed by atoms with E-state index in [2.05, 4.69) is 15.1 Å². The largest absolute Gasteiger partial charge is 0.509 e. The zero-order chi connectivity index (χ0) is 78.9. The van der Waals surface area contributed by atoms with Gasteiger partial charge in [-0.05, 0) is 169 Å². The van der Waals surface area contributed by atoms with Crippen molar-refractivity contribution in [3.05, 3.63) is 114 Å². The lowest BCUT2D eigenvalue weighted by atomic mass is 9.85. The van der Waals surface area contributed by atoms with Crippen molar-refractivity contribution in [3.63, 3.8) is 0 Å². The van der Waals surface area contributed by atoms with E-state index < -0.39 is 77.2 Å². The Kier molecular flexibility index (Phi) is 25.3. The smallest absolute Gasteiger partial charge is 0.457 e. The van der Waals surface area contributed by atoms with Crippen molar-refractivity contribution in [2.24, 2.45) is 0 Å². The Morgan fingerprint density at radius 1 is 0.522 bits per heavy atom. The average molecular weight is 1560 g/mol. The molecule has 1 N–H and O–H groups in total. The first kappa shape index (κ1) is 79.9. The minimum absolute atomic E-state index is 0.0492. The summed E-state index contributed by atoms with van der Waals surface area (Å²) in [4.78, 5) is 154. The molecule has 604 valence electrons. The van der Waals surface area contributed by atoms with Crippen molar-refractivity contribution in [1.29, 1.82) is 0 Å². The number of fused-ring (bicyclic) bond motifs is 10. The number of nitrogens with one attached hydrogen (secondary N) is 1. The molecule has 0 bridgehead atoms. The Morgan fingerprint density at radius 2 is 1.00 bits per heavy atom. The Balaban J connectivity index is 0.467. The Labute approximate surface area is 652 Å². The number of rotatable bonds is 30. The Bertz CT molecular complexity index is 4740. The molecule has 0 unspecified atom stereocenters. The maximum atomic E-state index is 14.4. The standard InChI is InChI=1S/C82H99N9O22/c1-5-56-58-39-54(110-78(99)88-29-20-51(21-30-88)86-25-11-9-12-26-86)16-18-66(58)84-72-60(56)43-90-68(72)41-64-62(74(90)95)46-108-76(97)81(64,7-3)112-71(94)38-53(92)45-105-49-103-33-15-34-104-50-106-48-70(93)83-24-35-102-36-37-107-80(101)113-82(8-4)65-42-69-73-61(44-91(69)75(96)63(65)47-109-77(82)98)57(6-2)59-40-55(17-19-67(59)85-73)111-79(100)89-31-22-52(23-32-89)87-27-13-10-14-28-87/h16-19,39-42,51-52H,5-15,20-38,43-50H2,1-4H3,(H,83,93)/t81-,82-/m0/s1. The van der Waals surface area contributed by atoms with Crippen LogP contribution in [0.25, 0.3) is 44.6 Å². The second-order valence-corrected chi connectivity index (χ2v) is 29.9. The molecular formula is C82H99N9O22. The maximum absolute atomic E-state index is 14.4. The number of benzene rings is 2. The summed E-state index contributed by atoms with van der Waals surface area (Å²) in [6.45, 7) is 12.8. The topological polar surface area (TPSA) is 342 Å². The molecule has 4 saturated heterocycles. The van der Waals surface area contributed by atoms with Crippen molar-refractivity contribution in [1.82, 2.24) is 44.0 Å². The highest BCUT2D eigenvalue weighted by atomic mass is 16.7. The normalized spacial score (nSPS) is 19.6. The number of aromatic nitrogens is 4. The van der Waals surface area contributed by atoms with Crippen molar-refractivity contribution >= 4 is 69.7 Å². The van der Waals surface area contributed by atoms with Gasteiger partial charge in [-0.3, -0.25) is 24.0 Å². The number of aryl methyl sites for hydroxylation is 2. The van der Waals surface area contributed by atoms with Crippen molar-refractivity contribution in [2.75, 3.05) is 119 Å². The molecule has 2 atom stereocenters. The Morgan fingerprint density at radius 3 is 1.48 bits per heavy atom. The molecule has 31 nitrogen and oxygen atoms in total. The molecule has 12 heterocycles. The average Bonchev–Trinajstić information content (AvgIpc) is 1.63. The molecule has 0 radical (unpaired) electrons. The molecule has 2 aromatic carbocycles. The van der Waals surface area contributed by atoms with Crippen LogP contribution < -0.4 is 25.9 Å². The van der Waals surface area contributed by atoms with E-state index in [-0.39, 0.29) is 127 Å². The van der Waals surface area contributed by atoms with E-state index in [1.54, 1.807) is 69.2 Å². The highest BCUT2D eigenvalue weighted by Gasteiger charge is 2.53. The number of amides is 3. The molecule has 0 spiro atoms. The van der Waals surface area contributed by atoms with Crippen LogP contribution >= 0.6 is 0 Å². The fraction of sp³-hybridized carbons (Fsp3) is 0.561. The van der Waals surface area contributed by atoms with Gasteiger partial charge in [0.1, 0.15) is 64.5 Å². The molecular weight excluding hydrogens is 1460 g/mol. The van der Waals surface area contributed by atoms with Gasteiger partial charge in [0.25, 0.3) is 11.1 Å².